The lowest BCUT2D eigenvalue weighted by Crippen LogP contribution is -2.39. The first-order valence-corrected chi connectivity index (χ1v) is 12.2. The number of anilines is 3. The van der Waals surface area contributed by atoms with E-state index < -0.39 is 0 Å². The molecule has 0 saturated carbocycles. The molecule has 5 N–H and O–H groups in total. The standard InChI is InChI=1S/C28H30N4O4/c29-23-3-1-2-22(27(23)34)20-8-10-24(26-21(20)9-11-25(26)33)31-28(35)18-4-6-19(7-5-18)30-12-13-32-14-16-36-17-15-32/h1-8,10,30,34H,9,11-17,29H2,(H,31,35). The maximum absolute atomic E-state index is 13.0. The summed E-state index contributed by atoms with van der Waals surface area (Å²) in [5.74, 6) is -0.309. The fraction of sp³-hybridized carbons (Fsp3) is 0.286. The van der Waals surface area contributed by atoms with Gasteiger partial charge in [-0.2, -0.15) is 0 Å². The molecule has 0 atom stereocenters. The van der Waals surface area contributed by atoms with Crippen molar-refractivity contribution in [2.24, 2.45) is 0 Å². The van der Waals surface area contributed by atoms with Crippen molar-refractivity contribution < 1.29 is 19.4 Å². The predicted octanol–water partition coefficient (Wildman–Crippen LogP) is 3.77. The van der Waals surface area contributed by atoms with Gasteiger partial charge < -0.3 is 26.2 Å². The van der Waals surface area contributed by atoms with E-state index in [0.717, 1.165) is 56.2 Å². The molecule has 36 heavy (non-hydrogen) atoms. The van der Waals surface area contributed by atoms with Crippen LogP contribution in [0.1, 0.15) is 32.7 Å². The maximum Gasteiger partial charge on any atom is 0.255 e. The van der Waals surface area contributed by atoms with Gasteiger partial charge in [0.15, 0.2) is 5.78 Å². The molecular weight excluding hydrogens is 456 g/mol. The van der Waals surface area contributed by atoms with Crippen LogP contribution in [0.2, 0.25) is 0 Å². The maximum atomic E-state index is 13.0. The molecule has 3 aromatic rings. The van der Waals surface area contributed by atoms with Gasteiger partial charge in [-0.3, -0.25) is 14.5 Å². The number of para-hydroxylation sites is 1. The summed E-state index contributed by atoms with van der Waals surface area (Å²) in [6.07, 6.45) is 0.912. The Morgan fingerprint density at radius 2 is 1.78 bits per heavy atom. The van der Waals surface area contributed by atoms with E-state index in [0.29, 0.717) is 35.2 Å². The molecule has 8 heteroatoms. The molecule has 0 radical (unpaired) electrons. The molecule has 0 spiro atoms. The van der Waals surface area contributed by atoms with Crippen LogP contribution in [0.5, 0.6) is 5.75 Å². The minimum atomic E-state index is -0.281. The zero-order chi connectivity index (χ0) is 25.1. The van der Waals surface area contributed by atoms with E-state index in [1.165, 1.54) is 0 Å². The topological polar surface area (TPSA) is 117 Å². The smallest absolute Gasteiger partial charge is 0.255 e. The highest BCUT2D eigenvalue weighted by Crippen LogP contribution is 2.41. The summed E-state index contributed by atoms with van der Waals surface area (Å²) in [5, 5.41) is 16.8. The number of ether oxygens (including phenoxy) is 1. The van der Waals surface area contributed by atoms with Gasteiger partial charge in [-0.05, 0) is 53.9 Å². The first-order valence-electron chi connectivity index (χ1n) is 12.2. The number of hydrogen-bond donors (Lipinski definition) is 4. The number of amides is 1. The number of carbonyl (C=O) groups excluding carboxylic acids is 2. The van der Waals surface area contributed by atoms with E-state index in [-0.39, 0.29) is 23.1 Å². The van der Waals surface area contributed by atoms with Crippen LogP contribution in [0.3, 0.4) is 0 Å². The molecule has 1 amide bonds. The van der Waals surface area contributed by atoms with Crippen LogP contribution in [-0.2, 0) is 11.2 Å². The third-order valence-corrected chi connectivity index (χ3v) is 6.81. The van der Waals surface area contributed by atoms with E-state index in [1.807, 2.05) is 18.2 Å². The number of nitrogens with two attached hydrogens (primary N) is 1. The number of hydrogen-bond acceptors (Lipinski definition) is 7. The third kappa shape index (κ3) is 4.91. The van der Waals surface area contributed by atoms with Crippen LogP contribution >= 0.6 is 0 Å². The number of fused-ring (bicyclic) bond motifs is 1. The first-order chi connectivity index (χ1) is 17.5. The Hall–Kier alpha value is -3.88. The number of ketones is 1. The van der Waals surface area contributed by atoms with Gasteiger partial charge in [-0.15, -0.1) is 0 Å². The summed E-state index contributed by atoms with van der Waals surface area (Å²) in [4.78, 5) is 28.1. The number of phenolic OH excluding ortho intramolecular Hbond substituents is 1. The Balaban J connectivity index is 1.28. The van der Waals surface area contributed by atoms with Crippen LogP contribution in [0.4, 0.5) is 17.1 Å². The van der Waals surface area contributed by atoms with E-state index in [9.17, 15) is 14.7 Å². The van der Waals surface area contributed by atoms with Crippen molar-refractivity contribution in [1.82, 2.24) is 4.90 Å². The monoisotopic (exact) mass is 486 g/mol. The highest BCUT2D eigenvalue weighted by atomic mass is 16.5. The van der Waals surface area contributed by atoms with Gasteiger partial charge in [0, 0.05) is 55.0 Å². The second-order valence-corrected chi connectivity index (χ2v) is 9.09. The Labute approximate surface area is 210 Å². The number of nitrogens with one attached hydrogen (secondary N) is 2. The minimum absolute atomic E-state index is 0.00511. The fourth-order valence-corrected chi connectivity index (χ4v) is 4.84. The summed E-state index contributed by atoms with van der Waals surface area (Å²) in [6.45, 7) is 5.22. The lowest BCUT2D eigenvalue weighted by Gasteiger charge is -2.26. The van der Waals surface area contributed by atoms with Crippen molar-refractivity contribution in [1.29, 1.82) is 0 Å². The largest absolute Gasteiger partial charge is 0.505 e. The molecule has 0 aromatic heterocycles. The molecule has 2 aliphatic rings. The molecule has 1 aliphatic heterocycles. The molecule has 0 unspecified atom stereocenters. The zero-order valence-electron chi connectivity index (χ0n) is 20.0. The predicted molar refractivity (Wildman–Crippen MR) is 141 cm³/mol. The van der Waals surface area contributed by atoms with Crippen LogP contribution in [0, 0.1) is 0 Å². The molecule has 1 heterocycles. The highest BCUT2D eigenvalue weighted by molar-refractivity contribution is 6.12. The average Bonchev–Trinajstić information content (AvgIpc) is 3.29. The van der Waals surface area contributed by atoms with Crippen LogP contribution in [0.25, 0.3) is 11.1 Å². The number of phenols is 1. The number of nitrogen functional groups attached to an aromatic ring is 1. The van der Waals surface area contributed by atoms with Crippen LogP contribution in [-0.4, -0.2) is 61.1 Å². The van der Waals surface area contributed by atoms with Gasteiger partial charge in [0.05, 0.1) is 24.6 Å². The van der Waals surface area contributed by atoms with E-state index in [1.54, 1.807) is 36.4 Å². The molecule has 5 rings (SSSR count). The van der Waals surface area contributed by atoms with Gasteiger partial charge >= 0.3 is 0 Å². The fourth-order valence-electron chi connectivity index (χ4n) is 4.84. The second kappa shape index (κ2) is 10.4. The van der Waals surface area contributed by atoms with Gasteiger partial charge in [0.2, 0.25) is 0 Å². The first kappa shape index (κ1) is 23.8. The second-order valence-electron chi connectivity index (χ2n) is 9.09. The SMILES string of the molecule is Nc1cccc(-c2ccc(NC(=O)c3ccc(NCCN4CCOCC4)cc3)c3c2CCC3=O)c1O. The van der Waals surface area contributed by atoms with Gasteiger partial charge in [-0.25, -0.2) is 0 Å². The Bertz CT molecular complexity index is 1280. The number of aromatic hydroxyl groups is 1. The number of nitrogens with zero attached hydrogens (tertiary/aromatic N) is 1. The number of Topliss-reactive ketones (excluding diaryl/α,β-unsaturated/α-hetero) is 1. The van der Waals surface area contributed by atoms with Crippen molar-refractivity contribution in [2.45, 2.75) is 12.8 Å². The molecule has 8 nitrogen and oxygen atoms in total. The lowest BCUT2D eigenvalue weighted by molar-refractivity contribution is 0.0398. The molecule has 1 aliphatic carbocycles. The normalized spacial score (nSPS) is 15.5. The Kier molecular flexibility index (Phi) is 6.88. The molecule has 1 saturated heterocycles. The molecule has 0 bridgehead atoms. The van der Waals surface area contributed by atoms with Gasteiger partial charge in [0.1, 0.15) is 5.75 Å². The quantitative estimate of drug-likeness (QED) is 0.297. The number of benzene rings is 3. The zero-order valence-corrected chi connectivity index (χ0v) is 20.0. The third-order valence-electron chi connectivity index (χ3n) is 6.81. The average molecular weight is 487 g/mol. The summed E-state index contributed by atoms with van der Waals surface area (Å²) < 4.78 is 5.37. The summed E-state index contributed by atoms with van der Waals surface area (Å²) in [6, 6.07) is 16.0. The number of morpholine rings is 1. The van der Waals surface area contributed by atoms with Crippen molar-refractivity contribution in [3.8, 4) is 16.9 Å². The van der Waals surface area contributed by atoms with Gasteiger partial charge in [0.25, 0.3) is 5.91 Å². The van der Waals surface area contributed by atoms with E-state index in [4.69, 9.17) is 10.5 Å². The Morgan fingerprint density at radius 1 is 1.00 bits per heavy atom. The molecule has 186 valence electrons. The number of carbonyl (C=O) groups is 2. The lowest BCUT2D eigenvalue weighted by atomic mass is 9.94. The highest BCUT2D eigenvalue weighted by Gasteiger charge is 2.28. The van der Waals surface area contributed by atoms with Crippen molar-refractivity contribution in [2.75, 3.05) is 55.8 Å². The Morgan fingerprint density at radius 3 is 2.56 bits per heavy atom. The summed E-state index contributed by atoms with van der Waals surface area (Å²) in [5.41, 5.74) is 10.7. The molecule has 3 aromatic carbocycles. The molecule has 1 fully saturated rings. The van der Waals surface area contributed by atoms with Crippen molar-refractivity contribution in [3.05, 3.63) is 71.3 Å². The summed E-state index contributed by atoms with van der Waals surface area (Å²) >= 11 is 0. The number of rotatable bonds is 7. The molecular formula is C28H30N4O4. The van der Waals surface area contributed by atoms with Crippen molar-refractivity contribution in [3.63, 3.8) is 0 Å². The van der Waals surface area contributed by atoms with Crippen LogP contribution < -0.4 is 16.4 Å². The van der Waals surface area contributed by atoms with E-state index >= 15 is 0 Å². The summed E-state index contributed by atoms with van der Waals surface area (Å²) in [7, 11) is 0. The van der Waals surface area contributed by atoms with Crippen molar-refractivity contribution >= 4 is 28.8 Å². The van der Waals surface area contributed by atoms with Gasteiger partial charge in [-0.1, -0.05) is 18.2 Å². The minimum Gasteiger partial charge on any atom is -0.505 e. The van der Waals surface area contributed by atoms with E-state index in [2.05, 4.69) is 15.5 Å². The van der Waals surface area contributed by atoms with Crippen LogP contribution in [0.15, 0.2) is 54.6 Å².